The molecule has 7 heteroatoms. The minimum Gasteiger partial charge on any atom is -0.463 e. The third-order valence-corrected chi connectivity index (χ3v) is 5.86. The minimum atomic E-state index is -0.407. The number of nitrogens with zero attached hydrogens (tertiary/aromatic N) is 1. The molecule has 0 bridgehead atoms. The van der Waals surface area contributed by atoms with Crippen LogP contribution in [0.2, 0.25) is 0 Å². The van der Waals surface area contributed by atoms with E-state index in [1.54, 1.807) is 44.1 Å². The first-order valence-electron chi connectivity index (χ1n) is 11.6. The second-order valence-electron chi connectivity index (χ2n) is 8.17. The van der Waals surface area contributed by atoms with Crippen molar-refractivity contribution in [2.45, 2.75) is 39.2 Å². The first-order chi connectivity index (χ1) is 16.5. The molecule has 1 unspecified atom stereocenters. The second-order valence-corrected chi connectivity index (χ2v) is 8.17. The Hall–Kier alpha value is -3.45. The lowest BCUT2D eigenvalue weighted by atomic mass is 9.83. The predicted octanol–water partition coefficient (Wildman–Crippen LogP) is 3.81. The molecule has 1 aliphatic rings. The van der Waals surface area contributed by atoms with Gasteiger partial charge in [0.05, 0.1) is 18.7 Å². The van der Waals surface area contributed by atoms with Gasteiger partial charge in [-0.3, -0.25) is 9.59 Å². The van der Waals surface area contributed by atoms with Crippen LogP contribution in [0, 0.1) is 0 Å². The lowest BCUT2D eigenvalue weighted by molar-refractivity contribution is -0.140. The number of hydrogen-bond acceptors (Lipinski definition) is 5. The summed E-state index contributed by atoms with van der Waals surface area (Å²) < 4.78 is 10.3. The van der Waals surface area contributed by atoms with Gasteiger partial charge in [0, 0.05) is 43.9 Å². The topological polar surface area (TPSA) is 84.9 Å². The van der Waals surface area contributed by atoms with Gasteiger partial charge in [-0.1, -0.05) is 42.5 Å². The molecule has 2 aromatic rings. The quantitative estimate of drug-likeness (QED) is 0.427. The highest BCUT2D eigenvalue weighted by molar-refractivity contribution is 5.96. The Morgan fingerprint density at radius 1 is 1.12 bits per heavy atom. The number of methoxy groups -OCH3 is 1. The first kappa shape index (κ1) is 25.2. The fourth-order valence-electron chi connectivity index (χ4n) is 4.16. The maximum Gasteiger partial charge on any atom is 0.336 e. The van der Waals surface area contributed by atoms with Crippen molar-refractivity contribution in [2.24, 2.45) is 0 Å². The van der Waals surface area contributed by atoms with Crippen LogP contribution in [0.4, 0.5) is 0 Å². The van der Waals surface area contributed by atoms with E-state index in [-0.39, 0.29) is 37.3 Å². The summed E-state index contributed by atoms with van der Waals surface area (Å²) in [6.45, 7) is 5.17. The molecule has 0 spiro atoms. The number of hydrogen-bond donors (Lipinski definition) is 1. The summed E-state index contributed by atoms with van der Waals surface area (Å²) in [6, 6.07) is 16.7. The number of benzene rings is 2. The zero-order valence-electron chi connectivity index (χ0n) is 20.0. The van der Waals surface area contributed by atoms with Gasteiger partial charge in [-0.05, 0) is 43.5 Å². The molecule has 1 heterocycles. The highest BCUT2D eigenvalue weighted by atomic mass is 16.5. The molecule has 2 aromatic carbocycles. The van der Waals surface area contributed by atoms with Gasteiger partial charge in [0.15, 0.2) is 0 Å². The van der Waals surface area contributed by atoms with E-state index >= 15 is 0 Å². The van der Waals surface area contributed by atoms with E-state index in [2.05, 4.69) is 5.32 Å². The standard InChI is InChI=1S/C27H32N2O5/c1-4-34-27(32)25-19(2)29(24(30)17-23(25)21-11-6-5-7-12-21)18-20-10-8-13-22(16-20)26(31)28-14-9-15-33-3/h5-8,10-13,16,23H,4,9,14-15,17-18H2,1-3H3,(H,28,31). The molecule has 34 heavy (non-hydrogen) atoms. The summed E-state index contributed by atoms with van der Waals surface area (Å²) in [5.41, 5.74) is 3.31. The fourth-order valence-corrected chi connectivity index (χ4v) is 4.16. The molecule has 0 radical (unpaired) electrons. The maximum atomic E-state index is 13.2. The van der Waals surface area contributed by atoms with E-state index in [9.17, 15) is 14.4 Å². The van der Waals surface area contributed by atoms with Crippen molar-refractivity contribution in [3.63, 3.8) is 0 Å². The third kappa shape index (κ3) is 6.11. The molecule has 3 rings (SSSR count). The number of carbonyl (C=O) groups is 3. The molecule has 0 aromatic heterocycles. The molecular formula is C27H32N2O5. The Morgan fingerprint density at radius 3 is 2.59 bits per heavy atom. The van der Waals surface area contributed by atoms with E-state index < -0.39 is 5.97 Å². The molecule has 1 N–H and O–H groups in total. The van der Waals surface area contributed by atoms with Crippen LogP contribution >= 0.6 is 0 Å². The normalized spacial score (nSPS) is 15.9. The molecule has 0 aliphatic carbocycles. The van der Waals surface area contributed by atoms with E-state index in [1.165, 1.54) is 0 Å². The zero-order chi connectivity index (χ0) is 24.5. The highest BCUT2D eigenvalue weighted by Gasteiger charge is 2.36. The van der Waals surface area contributed by atoms with Crippen LogP contribution in [-0.2, 0) is 25.6 Å². The number of amides is 2. The lowest BCUT2D eigenvalue weighted by Crippen LogP contribution is -2.38. The number of carbonyl (C=O) groups excluding carboxylic acids is 3. The zero-order valence-corrected chi connectivity index (χ0v) is 20.0. The van der Waals surface area contributed by atoms with Crippen LogP contribution in [0.25, 0.3) is 0 Å². The van der Waals surface area contributed by atoms with Gasteiger partial charge >= 0.3 is 5.97 Å². The van der Waals surface area contributed by atoms with Crippen LogP contribution in [0.1, 0.15) is 54.1 Å². The fraction of sp³-hybridized carbons (Fsp3) is 0.370. The van der Waals surface area contributed by atoms with Crippen LogP contribution in [0.3, 0.4) is 0 Å². The molecular weight excluding hydrogens is 432 g/mol. The van der Waals surface area contributed by atoms with Crippen LogP contribution in [-0.4, -0.2) is 49.6 Å². The first-order valence-corrected chi connectivity index (χ1v) is 11.6. The van der Waals surface area contributed by atoms with Crippen molar-refractivity contribution in [1.82, 2.24) is 10.2 Å². The number of allylic oxidation sites excluding steroid dienone is 1. The third-order valence-electron chi connectivity index (χ3n) is 5.86. The summed E-state index contributed by atoms with van der Waals surface area (Å²) in [7, 11) is 1.62. The Balaban J connectivity index is 1.85. The summed E-state index contributed by atoms with van der Waals surface area (Å²) in [4.78, 5) is 40.2. The SMILES string of the molecule is CCOC(=O)C1=C(C)N(Cc2cccc(C(=O)NCCCOC)c2)C(=O)CC1c1ccccc1. The van der Waals surface area contributed by atoms with Crippen LogP contribution in [0.15, 0.2) is 65.9 Å². The molecule has 1 atom stereocenters. The maximum absolute atomic E-state index is 13.2. The molecule has 2 amide bonds. The van der Waals surface area contributed by atoms with Gasteiger partial charge in [0.25, 0.3) is 5.91 Å². The summed E-state index contributed by atoms with van der Waals surface area (Å²) in [6.07, 6.45) is 0.905. The molecule has 0 saturated carbocycles. The lowest BCUT2D eigenvalue weighted by Gasteiger charge is -2.34. The Bertz CT molecular complexity index is 1050. The summed E-state index contributed by atoms with van der Waals surface area (Å²) in [5, 5.41) is 2.87. The van der Waals surface area contributed by atoms with Crippen molar-refractivity contribution in [1.29, 1.82) is 0 Å². The van der Waals surface area contributed by atoms with Crippen molar-refractivity contribution in [2.75, 3.05) is 26.9 Å². The second kappa shape index (κ2) is 12.1. The van der Waals surface area contributed by atoms with Crippen molar-refractivity contribution >= 4 is 17.8 Å². The van der Waals surface area contributed by atoms with E-state index in [4.69, 9.17) is 9.47 Å². The van der Waals surface area contributed by atoms with E-state index in [0.717, 1.165) is 17.5 Å². The van der Waals surface area contributed by atoms with Crippen LogP contribution < -0.4 is 5.32 Å². The summed E-state index contributed by atoms with van der Waals surface area (Å²) in [5.74, 6) is -1.01. The monoisotopic (exact) mass is 464 g/mol. The van der Waals surface area contributed by atoms with E-state index in [0.29, 0.717) is 30.0 Å². The Labute approximate surface area is 200 Å². The Kier molecular flexibility index (Phi) is 8.99. The van der Waals surface area contributed by atoms with E-state index in [1.807, 2.05) is 36.4 Å². The molecule has 180 valence electrons. The van der Waals surface area contributed by atoms with Crippen molar-refractivity contribution in [3.05, 3.63) is 82.6 Å². The molecule has 0 fully saturated rings. The average molecular weight is 465 g/mol. The molecule has 7 nitrogen and oxygen atoms in total. The Morgan fingerprint density at radius 2 is 1.88 bits per heavy atom. The summed E-state index contributed by atoms with van der Waals surface area (Å²) >= 11 is 0. The van der Waals surface area contributed by atoms with Gasteiger partial charge in [-0.2, -0.15) is 0 Å². The molecule has 1 aliphatic heterocycles. The number of ether oxygens (including phenoxy) is 2. The van der Waals surface area contributed by atoms with Gasteiger partial charge in [-0.15, -0.1) is 0 Å². The van der Waals surface area contributed by atoms with Gasteiger partial charge in [-0.25, -0.2) is 4.79 Å². The predicted molar refractivity (Wildman–Crippen MR) is 129 cm³/mol. The van der Waals surface area contributed by atoms with Crippen molar-refractivity contribution < 1.29 is 23.9 Å². The number of esters is 1. The number of nitrogens with one attached hydrogen (secondary N) is 1. The van der Waals surface area contributed by atoms with Gasteiger partial charge < -0.3 is 19.7 Å². The van der Waals surface area contributed by atoms with Crippen molar-refractivity contribution in [3.8, 4) is 0 Å². The van der Waals surface area contributed by atoms with Gasteiger partial charge in [0.2, 0.25) is 5.91 Å². The van der Waals surface area contributed by atoms with Crippen LogP contribution in [0.5, 0.6) is 0 Å². The largest absolute Gasteiger partial charge is 0.463 e. The van der Waals surface area contributed by atoms with Gasteiger partial charge in [0.1, 0.15) is 0 Å². The minimum absolute atomic E-state index is 0.0752. The smallest absolute Gasteiger partial charge is 0.336 e. The highest BCUT2D eigenvalue weighted by Crippen LogP contribution is 2.37. The number of rotatable bonds is 10. The molecule has 0 saturated heterocycles. The average Bonchev–Trinajstić information content (AvgIpc) is 2.84.